The van der Waals surface area contributed by atoms with Gasteiger partial charge < -0.3 is 5.32 Å². The van der Waals surface area contributed by atoms with Crippen LogP contribution in [-0.2, 0) is 27.7 Å². The molecule has 9 nitrogen and oxygen atoms in total. The molecule has 1 amide bonds. The van der Waals surface area contributed by atoms with Crippen LogP contribution in [0.1, 0.15) is 33.9 Å². The number of nitrogens with one attached hydrogen (secondary N) is 1. The summed E-state index contributed by atoms with van der Waals surface area (Å²) >= 11 is 5.95. The Morgan fingerprint density at radius 2 is 1.95 bits per heavy atom. The van der Waals surface area contributed by atoms with E-state index in [0.717, 1.165) is 19.2 Å². The Bertz CT molecular complexity index is 1570. The third kappa shape index (κ3) is 5.77. The first kappa shape index (κ1) is 29.3. The maximum absolute atomic E-state index is 14.2. The molecule has 0 unspecified atom stereocenters. The Morgan fingerprint density at radius 3 is 2.55 bits per heavy atom. The highest BCUT2D eigenvalue weighted by Gasteiger charge is 2.43. The zero-order valence-corrected chi connectivity index (χ0v) is 21.8. The number of fused-ring (bicyclic) bond motifs is 1. The molecule has 40 heavy (non-hydrogen) atoms. The summed E-state index contributed by atoms with van der Waals surface area (Å²) in [5, 5.41) is 5.02. The predicted molar refractivity (Wildman–Crippen MR) is 128 cm³/mol. The zero-order valence-electron chi connectivity index (χ0n) is 20.2. The van der Waals surface area contributed by atoms with Crippen molar-refractivity contribution in [2.24, 2.45) is 0 Å². The van der Waals surface area contributed by atoms with Gasteiger partial charge in [-0.05, 0) is 30.7 Å². The highest BCUT2D eigenvalue weighted by Crippen LogP contribution is 2.34. The Morgan fingerprint density at radius 1 is 1.25 bits per heavy atom. The van der Waals surface area contributed by atoms with Gasteiger partial charge in [0.2, 0.25) is 0 Å². The van der Waals surface area contributed by atoms with Crippen LogP contribution >= 0.6 is 11.6 Å². The second kappa shape index (κ2) is 10.7. The first-order valence-electron chi connectivity index (χ1n) is 11.3. The third-order valence-electron chi connectivity index (χ3n) is 5.94. The number of aryl methyl sites for hydroxylation is 1. The zero-order chi connectivity index (χ0) is 29.6. The lowest BCUT2D eigenvalue weighted by atomic mass is 10.00. The minimum absolute atomic E-state index is 0.0682. The highest BCUT2D eigenvalue weighted by atomic mass is 35.5. The van der Waals surface area contributed by atoms with Crippen LogP contribution in [-0.4, -0.2) is 53.6 Å². The summed E-state index contributed by atoms with van der Waals surface area (Å²) < 4.78 is 107. The molecular weight excluding hydrogens is 592 g/mol. The maximum atomic E-state index is 14.2. The van der Waals surface area contributed by atoms with Crippen molar-refractivity contribution in [3.63, 3.8) is 0 Å². The van der Waals surface area contributed by atoms with E-state index in [4.69, 9.17) is 11.6 Å². The van der Waals surface area contributed by atoms with Gasteiger partial charge in [0.1, 0.15) is 10.7 Å². The summed E-state index contributed by atoms with van der Waals surface area (Å²) in [4.78, 5) is 27.8. The number of benzene rings is 1. The minimum atomic E-state index is -5.26. The topological polar surface area (TPSA) is 114 Å². The number of alkyl halides is 5. The van der Waals surface area contributed by atoms with Crippen LogP contribution in [0, 0.1) is 12.7 Å². The maximum Gasteiger partial charge on any atom is 0.471 e. The van der Waals surface area contributed by atoms with Crippen molar-refractivity contribution in [1.82, 2.24) is 20.1 Å². The average molecular weight is 610 g/mol. The van der Waals surface area contributed by atoms with E-state index in [9.17, 15) is 44.3 Å². The third-order valence-corrected chi connectivity index (χ3v) is 8.13. The smallest absolute Gasteiger partial charge is 0.343 e. The number of aromatic nitrogens is 3. The van der Waals surface area contributed by atoms with Crippen LogP contribution in [0.15, 0.2) is 41.6 Å². The first-order chi connectivity index (χ1) is 18.6. The van der Waals surface area contributed by atoms with Gasteiger partial charge in [-0.25, -0.2) is 17.5 Å². The van der Waals surface area contributed by atoms with E-state index in [-0.39, 0.29) is 38.8 Å². The molecule has 1 N–H and O–H groups in total. The van der Waals surface area contributed by atoms with Crippen LogP contribution in [0.3, 0.4) is 0 Å². The summed E-state index contributed by atoms with van der Waals surface area (Å²) in [5.41, 5.74) is -0.873. The van der Waals surface area contributed by atoms with E-state index in [1.807, 2.05) is 0 Å². The number of carbonyl (C=O) groups excluding carboxylic acids is 2. The van der Waals surface area contributed by atoms with Crippen molar-refractivity contribution < 1.29 is 44.3 Å². The number of anilines is 1. The monoisotopic (exact) mass is 609 g/mol. The molecule has 17 heteroatoms. The van der Waals surface area contributed by atoms with Gasteiger partial charge >= 0.3 is 18.6 Å². The number of hydrogen-bond donors (Lipinski definition) is 1. The van der Waals surface area contributed by atoms with Crippen molar-refractivity contribution in [3.8, 4) is 0 Å². The molecule has 1 aliphatic rings. The number of nitrogens with zero attached hydrogens (tertiary/aromatic N) is 4. The van der Waals surface area contributed by atoms with Crippen molar-refractivity contribution in [2.75, 3.05) is 10.8 Å². The molecule has 0 fully saturated rings. The number of hydrogen-bond acceptors (Lipinski definition) is 6. The molecule has 3 aromatic rings. The molecular formula is C23H18ClF6N5O4S. The summed E-state index contributed by atoms with van der Waals surface area (Å²) in [6, 6.07) is 3.43. The fraction of sp³-hybridized carbons (Fsp3) is 0.304. The van der Waals surface area contributed by atoms with Crippen molar-refractivity contribution in [2.45, 2.75) is 43.4 Å². The number of carbonyl (C=O) groups is 2. The Balaban J connectivity index is 1.76. The molecule has 214 valence electrons. The number of sulfonamides is 1. The summed E-state index contributed by atoms with van der Waals surface area (Å²) in [7, 11) is -4.76. The Labute approximate surface area is 227 Å². The highest BCUT2D eigenvalue weighted by molar-refractivity contribution is 7.92. The molecule has 4 rings (SSSR count). The SMILES string of the molecule is Cc1nn(C(F)F)cc1S(=O)(=O)N1C[C@@H](NC(=O)C(F)(F)F)Cc2ncc(CC(=O)c3c(F)cccc3Cl)cc21. The number of rotatable bonds is 7. The normalized spacial score (nSPS) is 15.7. The van der Waals surface area contributed by atoms with Crippen molar-refractivity contribution >= 4 is 39.0 Å². The molecule has 2 aromatic heterocycles. The molecule has 0 bridgehead atoms. The largest absolute Gasteiger partial charge is 0.471 e. The van der Waals surface area contributed by atoms with E-state index in [2.05, 4.69) is 10.1 Å². The Kier molecular flexibility index (Phi) is 7.86. The van der Waals surface area contributed by atoms with Gasteiger partial charge in [-0.3, -0.25) is 18.9 Å². The molecule has 0 saturated carbocycles. The molecule has 3 heterocycles. The van der Waals surface area contributed by atoms with Gasteiger partial charge in [-0.15, -0.1) is 0 Å². The molecule has 0 aliphatic carbocycles. The number of amides is 1. The van der Waals surface area contributed by atoms with E-state index < -0.39 is 69.7 Å². The van der Waals surface area contributed by atoms with Gasteiger partial charge in [0.05, 0.1) is 46.4 Å². The number of ketones is 1. The van der Waals surface area contributed by atoms with Crippen molar-refractivity contribution in [1.29, 1.82) is 0 Å². The van der Waals surface area contributed by atoms with E-state index in [1.165, 1.54) is 18.2 Å². The summed E-state index contributed by atoms with van der Waals surface area (Å²) in [5.74, 6) is -3.97. The average Bonchev–Trinajstić information content (AvgIpc) is 3.26. The van der Waals surface area contributed by atoms with Gasteiger partial charge in [0.15, 0.2) is 5.78 Å². The summed E-state index contributed by atoms with van der Waals surface area (Å²) in [6.45, 7) is -2.76. The lowest BCUT2D eigenvalue weighted by molar-refractivity contribution is -0.174. The van der Waals surface area contributed by atoms with E-state index >= 15 is 0 Å². The molecule has 1 aliphatic heterocycles. The van der Waals surface area contributed by atoms with Crippen LogP contribution in [0.4, 0.5) is 32.0 Å². The lowest BCUT2D eigenvalue weighted by Crippen LogP contribution is -2.53. The molecule has 0 radical (unpaired) electrons. The van der Waals surface area contributed by atoms with Gasteiger partial charge in [0, 0.05) is 19.0 Å². The molecule has 0 spiro atoms. The summed E-state index contributed by atoms with van der Waals surface area (Å²) in [6.07, 6.45) is -4.36. The lowest BCUT2D eigenvalue weighted by Gasteiger charge is -2.35. The predicted octanol–water partition coefficient (Wildman–Crippen LogP) is 4.00. The van der Waals surface area contributed by atoms with Gasteiger partial charge in [0.25, 0.3) is 10.0 Å². The van der Waals surface area contributed by atoms with Crippen LogP contribution in [0.2, 0.25) is 5.02 Å². The van der Waals surface area contributed by atoms with E-state index in [0.29, 0.717) is 10.5 Å². The second-order valence-corrected chi connectivity index (χ2v) is 11.0. The quantitative estimate of drug-likeness (QED) is 0.320. The number of Topliss-reactive ketones (excluding diaryl/α,β-unsaturated/α-hetero) is 1. The van der Waals surface area contributed by atoms with Crippen LogP contribution < -0.4 is 9.62 Å². The van der Waals surface area contributed by atoms with Gasteiger partial charge in [-0.1, -0.05) is 17.7 Å². The molecule has 1 aromatic carbocycles. The number of pyridine rings is 1. The first-order valence-corrected chi connectivity index (χ1v) is 13.1. The fourth-order valence-electron chi connectivity index (χ4n) is 4.16. The number of halogens is 7. The fourth-order valence-corrected chi connectivity index (χ4v) is 6.11. The molecule has 0 saturated heterocycles. The standard InChI is InChI=1S/C23H18ClF6N5O4S/c1-11-19(10-34(33-11)22(26)27)40(38,39)35-9-13(32-21(37)23(28,29)30)7-16-17(35)5-12(8-31-16)6-18(36)20-14(24)3-2-4-15(20)25/h2-5,8,10,13,22H,6-7,9H2,1H3,(H,32,37)/t13-/m0/s1. The van der Waals surface area contributed by atoms with Crippen LogP contribution in [0.25, 0.3) is 0 Å². The second-order valence-electron chi connectivity index (χ2n) is 8.75. The van der Waals surface area contributed by atoms with E-state index in [1.54, 1.807) is 5.32 Å². The molecule has 1 atom stereocenters. The Hall–Kier alpha value is -3.66. The van der Waals surface area contributed by atoms with Crippen molar-refractivity contribution in [3.05, 3.63) is 70.0 Å². The van der Waals surface area contributed by atoms with Crippen LogP contribution in [0.5, 0.6) is 0 Å². The van der Waals surface area contributed by atoms with Gasteiger partial charge in [-0.2, -0.15) is 27.1 Å². The minimum Gasteiger partial charge on any atom is -0.343 e.